The van der Waals surface area contributed by atoms with Crippen LogP contribution in [0.2, 0.25) is 0 Å². The Morgan fingerprint density at radius 1 is 0.400 bits per heavy atom. The second kappa shape index (κ2) is 17.8. The van der Waals surface area contributed by atoms with Crippen LogP contribution in [0.15, 0.2) is 91.0 Å². The van der Waals surface area contributed by atoms with Crippen LogP contribution in [0.25, 0.3) is 0 Å². The van der Waals surface area contributed by atoms with E-state index in [4.69, 9.17) is 0 Å². The minimum absolute atomic E-state index is 0. The van der Waals surface area contributed by atoms with Gasteiger partial charge in [-0.15, -0.1) is 0 Å². The third-order valence-electron chi connectivity index (χ3n) is 7.19. The van der Waals surface area contributed by atoms with Crippen molar-refractivity contribution in [2.24, 2.45) is 0 Å². The van der Waals surface area contributed by atoms with E-state index >= 15 is 0 Å². The van der Waals surface area contributed by atoms with Gasteiger partial charge in [-0.3, -0.25) is 0 Å². The standard InChI is InChI=1S/C33H46P.ClH/c1-2-3-4-5-6-7-8-9-10-11-12-13-23-30-34(31-24-17-14-18-25-31,32-26-19-15-20-27-32)33-28-21-16-22-29-33;/h14-22,24-29H,2-13,23,30H2,1H3;1H/q+1;/p-1. The minimum Gasteiger partial charge on any atom is -1.00 e. The summed E-state index contributed by atoms with van der Waals surface area (Å²) >= 11 is 0. The van der Waals surface area contributed by atoms with Gasteiger partial charge in [-0.25, -0.2) is 0 Å². The fourth-order valence-electron chi connectivity index (χ4n) is 5.25. The van der Waals surface area contributed by atoms with Gasteiger partial charge in [0.2, 0.25) is 0 Å². The van der Waals surface area contributed by atoms with Crippen molar-refractivity contribution in [2.75, 3.05) is 6.16 Å². The van der Waals surface area contributed by atoms with E-state index < -0.39 is 7.26 Å². The van der Waals surface area contributed by atoms with Gasteiger partial charge in [0.25, 0.3) is 0 Å². The fraction of sp³-hybridized carbons (Fsp3) is 0.455. The van der Waals surface area contributed by atoms with E-state index in [2.05, 4.69) is 97.9 Å². The van der Waals surface area contributed by atoms with Gasteiger partial charge in [0, 0.05) is 0 Å². The predicted octanol–water partition coefficient (Wildman–Crippen LogP) is 6.08. The number of hydrogen-bond acceptors (Lipinski definition) is 0. The summed E-state index contributed by atoms with van der Waals surface area (Å²) in [6, 6.07) is 34.0. The largest absolute Gasteiger partial charge is 1.00 e. The Morgan fingerprint density at radius 2 is 0.686 bits per heavy atom. The number of unbranched alkanes of at least 4 members (excludes halogenated alkanes) is 12. The summed E-state index contributed by atoms with van der Waals surface area (Å²) in [5.74, 6) is 0. The molecule has 190 valence electrons. The number of halogens is 1. The number of benzene rings is 3. The van der Waals surface area contributed by atoms with E-state index in [1.807, 2.05) is 0 Å². The van der Waals surface area contributed by atoms with Crippen molar-refractivity contribution in [1.82, 2.24) is 0 Å². The van der Waals surface area contributed by atoms with Crippen LogP contribution < -0.4 is 28.3 Å². The van der Waals surface area contributed by atoms with Gasteiger partial charge in [0.05, 0.1) is 6.16 Å². The first-order valence-corrected chi connectivity index (χ1v) is 15.9. The van der Waals surface area contributed by atoms with E-state index in [0.29, 0.717) is 0 Å². The molecular weight excluding hydrogens is 463 g/mol. The highest BCUT2D eigenvalue weighted by atomic mass is 35.5. The van der Waals surface area contributed by atoms with Crippen LogP contribution in [0.4, 0.5) is 0 Å². The Hall–Kier alpha value is -1.62. The van der Waals surface area contributed by atoms with Crippen molar-refractivity contribution >= 4 is 23.2 Å². The first kappa shape index (κ1) is 29.6. The summed E-state index contributed by atoms with van der Waals surface area (Å²) < 4.78 is 0. The van der Waals surface area contributed by atoms with Gasteiger partial charge in [0.1, 0.15) is 23.2 Å². The van der Waals surface area contributed by atoms with Gasteiger partial charge < -0.3 is 12.4 Å². The minimum atomic E-state index is -1.64. The Balaban J connectivity index is 0.00000432. The van der Waals surface area contributed by atoms with Gasteiger partial charge in [-0.1, -0.05) is 132 Å². The SMILES string of the molecule is CCCCCCCCCCCCCCC[P+](c1ccccc1)(c1ccccc1)c1ccccc1.[Cl-]. The molecule has 0 saturated heterocycles. The Labute approximate surface area is 222 Å². The van der Waals surface area contributed by atoms with E-state index in [0.717, 1.165) is 0 Å². The molecule has 0 N–H and O–H groups in total. The summed E-state index contributed by atoms with van der Waals surface area (Å²) in [6.07, 6.45) is 19.6. The van der Waals surface area contributed by atoms with Crippen molar-refractivity contribution in [2.45, 2.75) is 90.4 Å². The second-order valence-corrected chi connectivity index (χ2v) is 13.4. The molecule has 0 amide bonds. The molecule has 0 aliphatic heterocycles. The van der Waals surface area contributed by atoms with Crippen LogP contribution in [-0.4, -0.2) is 6.16 Å². The molecule has 0 nitrogen and oxygen atoms in total. The third-order valence-corrected chi connectivity index (χ3v) is 11.7. The van der Waals surface area contributed by atoms with Gasteiger partial charge in [-0.05, 0) is 49.2 Å². The molecule has 35 heavy (non-hydrogen) atoms. The molecule has 0 aromatic heterocycles. The molecule has 0 unspecified atom stereocenters. The van der Waals surface area contributed by atoms with Crippen LogP contribution in [0.5, 0.6) is 0 Å². The van der Waals surface area contributed by atoms with Gasteiger partial charge >= 0.3 is 0 Å². The third kappa shape index (κ3) is 9.40. The molecule has 0 aliphatic carbocycles. The van der Waals surface area contributed by atoms with Crippen molar-refractivity contribution in [3.63, 3.8) is 0 Å². The molecule has 3 aromatic rings. The monoisotopic (exact) mass is 508 g/mol. The fourth-order valence-corrected chi connectivity index (χ4v) is 9.66. The summed E-state index contributed by atoms with van der Waals surface area (Å²) in [5.41, 5.74) is 0. The van der Waals surface area contributed by atoms with Crippen molar-refractivity contribution in [3.8, 4) is 0 Å². The topological polar surface area (TPSA) is 0 Å². The molecule has 0 heterocycles. The molecule has 0 fully saturated rings. The number of hydrogen-bond donors (Lipinski definition) is 0. The molecule has 2 heteroatoms. The zero-order valence-corrected chi connectivity index (χ0v) is 23.5. The maximum absolute atomic E-state index is 2.37. The van der Waals surface area contributed by atoms with E-state index in [9.17, 15) is 0 Å². The van der Waals surface area contributed by atoms with E-state index in [1.54, 1.807) is 0 Å². The molecule has 3 aromatic carbocycles. The molecule has 0 saturated carbocycles. The molecule has 0 radical (unpaired) electrons. The maximum Gasteiger partial charge on any atom is 0.112 e. The van der Waals surface area contributed by atoms with Gasteiger partial charge in [-0.2, -0.15) is 0 Å². The zero-order valence-electron chi connectivity index (χ0n) is 21.9. The lowest BCUT2D eigenvalue weighted by molar-refractivity contribution is -0.00000696. The van der Waals surface area contributed by atoms with Crippen LogP contribution >= 0.6 is 7.26 Å². The van der Waals surface area contributed by atoms with Gasteiger partial charge in [0.15, 0.2) is 0 Å². The van der Waals surface area contributed by atoms with Crippen LogP contribution in [0, 0.1) is 0 Å². The molecular formula is C33H46ClP. The average Bonchev–Trinajstić information content (AvgIpc) is 2.91. The smallest absolute Gasteiger partial charge is 0.112 e. The highest BCUT2D eigenvalue weighted by molar-refractivity contribution is 7.95. The summed E-state index contributed by atoms with van der Waals surface area (Å²) in [5, 5.41) is 4.56. The Kier molecular flexibility index (Phi) is 15.0. The molecule has 3 rings (SSSR count). The van der Waals surface area contributed by atoms with Crippen molar-refractivity contribution in [3.05, 3.63) is 91.0 Å². The average molecular weight is 509 g/mol. The summed E-state index contributed by atoms with van der Waals surface area (Å²) in [7, 11) is -1.64. The molecule has 0 bridgehead atoms. The van der Waals surface area contributed by atoms with E-state index in [1.165, 1.54) is 106 Å². The first-order chi connectivity index (χ1) is 16.9. The second-order valence-electron chi connectivity index (χ2n) is 9.78. The highest BCUT2D eigenvalue weighted by Crippen LogP contribution is 2.55. The Bertz CT molecular complexity index is 782. The van der Waals surface area contributed by atoms with Crippen LogP contribution in [0.1, 0.15) is 90.4 Å². The van der Waals surface area contributed by atoms with E-state index in [-0.39, 0.29) is 12.4 Å². The lowest BCUT2D eigenvalue weighted by Crippen LogP contribution is -3.00. The summed E-state index contributed by atoms with van der Waals surface area (Å²) in [6.45, 7) is 2.30. The lowest BCUT2D eigenvalue weighted by Gasteiger charge is -2.27. The highest BCUT2D eigenvalue weighted by Gasteiger charge is 2.44. The molecule has 0 spiro atoms. The summed E-state index contributed by atoms with van der Waals surface area (Å²) in [4.78, 5) is 0. The Morgan fingerprint density at radius 3 is 1.00 bits per heavy atom. The molecule has 0 atom stereocenters. The van der Waals surface area contributed by atoms with Crippen molar-refractivity contribution < 1.29 is 12.4 Å². The number of rotatable bonds is 17. The zero-order chi connectivity index (χ0) is 23.7. The van der Waals surface area contributed by atoms with Crippen molar-refractivity contribution in [1.29, 1.82) is 0 Å². The van der Waals surface area contributed by atoms with Crippen LogP contribution in [-0.2, 0) is 0 Å². The normalized spacial score (nSPS) is 11.2. The first-order valence-electron chi connectivity index (χ1n) is 13.9. The molecule has 0 aliphatic rings. The lowest BCUT2D eigenvalue weighted by atomic mass is 10.1. The van der Waals surface area contributed by atoms with Crippen LogP contribution in [0.3, 0.4) is 0 Å². The maximum atomic E-state index is 2.37. The predicted molar refractivity (Wildman–Crippen MR) is 156 cm³/mol. The quantitative estimate of drug-likeness (QED) is 0.153.